The second-order valence-electron chi connectivity index (χ2n) is 3.89. The van der Waals surface area contributed by atoms with E-state index in [9.17, 15) is 10.1 Å². The average molecular weight is 237 g/mol. The molecule has 88 valence electrons. The van der Waals surface area contributed by atoms with Crippen molar-refractivity contribution in [3.05, 3.63) is 75.3 Å². The smallest absolute Gasteiger partial charge is 0.258 e. The van der Waals surface area contributed by atoms with Gasteiger partial charge in [-0.3, -0.25) is 10.1 Å². The molecule has 2 aromatic carbocycles. The Balaban J connectivity index is 2.41. The van der Waals surface area contributed by atoms with Crippen molar-refractivity contribution in [2.24, 2.45) is 0 Å². The third-order valence-corrected chi connectivity index (χ3v) is 2.47. The van der Waals surface area contributed by atoms with Crippen molar-refractivity contribution in [2.45, 2.75) is 6.92 Å². The van der Waals surface area contributed by atoms with E-state index in [1.165, 1.54) is 6.07 Å². The Bertz CT molecular complexity index is 637. The van der Waals surface area contributed by atoms with Crippen molar-refractivity contribution < 1.29 is 4.92 Å². The first kappa shape index (κ1) is 11.9. The molecule has 0 N–H and O–H groups in total. The van der Waals surface area contributed by atoms with Crippen LogP contribution in [0.2, 0.25) is 0 Å². The summed E-state index contributed by atoms with van der Waals surface area (Å²) in [5.74, 6) is 5.77. The minimum atomic E-state index is -0.401. The number of nitrogens with zero attached hydrogens (tertiary/aromatic N) is 1. The molecule has 0 bridgehead atoms. The summed E-state index contributed by atoms with van der Waals surface area (Å²) in [4.78, 5) is 10.5. The van der Waals surface area contributed by atoms with E-state index >= 15 is 0 Å². The van der Waals surface area contributed by atoms with Crippen LogP contribution in [0.15, 0.2) is 48.5 Å². The predicted octanol–water partition coefficient (Wildman–Crippen LogP) is 3.30. The van der Waals surface area contributed by atoms with Crippen LogP contribution < -0.4 is 0 Å². The van der Waals surface area contributed by atoms with Gasteiger partial charge >= 0.3 is 0 Å². The van der Waals surface area contributed by atoms with Crippen molar-refractivity contribution in [2.75, 3.05) is 0 Å². The number of nitro benzene ring substituents is 1. The van der Waals surface area contributed by atoms with Crippen molar-refractivity contribution in [3.63, 3.8) is 0 Å². The van der Waals surface area contributed by atoms with Gasteiger partial charge < -0.3 is 0 Å². The lowest BCUT2D eigenvalue weighted by molar-refractivity contribution is -0.385. The Labute approximate surface area is 105 Å². The molecule has 2 rings (SSSR count). The molecule has 0 saturated carbocycles. The number of hydrogen-bond acceptors (Lipinski definition) is 2. The third kappa shape index (κ3) is 2.74. The molecule has 0 aliphatic heterocycles. The molecule has 18 heavy (non-hydrogen) atoms. The van der Waals surface area contributed by atoms with Gasteiger partial charge in [0.25, 0.3) is 5.69 Å². The Morgan fingerprint density at radius 3 is 2.44 bits per heavy atom. The molecule has 0 aromatic heterocycles. The Morgan fingerprint density at radius 1 is 1.06 bits per heavy atom. The molecule has 0 spiro atoms. The summed E-state index contributed by atoms with van der Waals surface area (Å²) in [6.45, 7) is 1.82. The van der Waals surface area contributed by atoms with Gasteiger partial charge in [-0.05, 0) is 30.7 Å². The maximum atomic E-state index is 10.9. The van der Waals surface area contributed by atoms with E-state index in [0.717, 1.165) is 11.1 Å². The van der Waals surface area contributed by atoms with Gasteiger partial charge in [0.05, 0.1) is 4.92 Å². The molecule has 0 amide bonds. The largest absolute Gasteiger partial charge is 0.285 e. The minimum Gasteiger partial charge on any atom is -0.258 e. The summed E-state index contributed by atoms with van der Waals surface area (Å²) >= 11 is 0. The summed E-state index contributed by atoms with van der Waals surface area (Å²) in [7, 11) is 0. The second-order valence-corrected chi connectivity index (χ2v) is 3.89. The number of hydrogen-bond donors (Lipinski definition) is 0. The lowest BCUT2D eigenvalue weighted by Gasteiger charge is -1.97. The molecule has 2 aromatic rings. The molecule has 3 nitrogen and oxygen atoms in total. The van der Waals surface area contributed by atoms with Crippen molar-refractivity contribution in [3.8, 4) is 11.8 Å². The van der Waals surface area contributed by atoms with Crippen LogP contribution in [0.25, 0.3) is 0 Å². The maximum absolute atomic E-state index is 10.9. The number of benzene rings is 2. The standard InChI is InChI=1S/C15H11NO2/c1-12-7-9-14(15(11-12)16(17)18)10-8-13-5-3-2-4-6-13/h2-7,9,11H,1H3. The van der Waals surface area contributed by atoms with E-state index in [2.05, 4.69) is 11.8 Å². The normalized spacial score (nSPS) is 9.39. The molecule has 0 fully saturated rings. The zero-order valence-corrected chi connectivity index (χ0v) is 9.88. The van der Waals surface area contributed by atoms with Crippen LogP contribution in [0.4, 0.5) is 5.69 Å². The van der Waals surface area contributed by atoms with Gasteiger partial charge in [-0.1, -0.05) is 36.1 Å². The molecule has 3 heteroatoms. The molecular weight excluding hydrogens is 226 g/mol. The highest BCUT2D eigenvalue weighted by Gasteiger charge is 2.11. The monoisotopic (exact) mass is 237 g/mol. The van der Waals surface area contributed by atoms with Crippen LogP contribution in [0.5, 0.6) is 0 Å². The number of aryl methyl sites for hydroxylation is 1. The van der Waals surface area contributed by atoms with Gasteiger partial charge in [-0.15, -0.1) is 0 Å². The van der Waals surface area contributed by atoms with Crippen LogP contribution >= 0.6 is 0 Å². The number of rotatable bonds is 1. The SMILES string of the molecule is Cc1ccc(C#Cc2ccccc2)c([N+](=O)[O-])c1. The zero-order valence-electron chi connectivity index (χ0n) is 9.88. The summed E-state index contributed by atoms with van der Waals surface area (Å²) in [6, 6.07) is 14.4. The molecule has 0 heterocycles. The van der Waals surface area contributed by atoms with Crippen molar-refractivity contribution >= 4 is 5.69 Å². The fraction of sp³-hybridized carbons (Fsp3) is 0.0667. The predicted molar refractivity (Wildman–Crippen MR) is 70.3 cm³/mol. The molecular formula is C15H11NO2. The van der Waals surface area contributed by atoms with E-state index in [-0.39, 0.29) is 5.69 Å². The van der Waals surface area contributed by atoms with Crippen LogP contribution in [0.3, 0.4) is 0 Å². The van der Waals surface area contributed by atoms with Gasteiger partial charge in [0.15, 0.2) is 0 Å². The Kier molecular flexibility index (Phi) is 3.40. The Morgan fingerprint density at radius 2 is 1.78 bits per heavy atom. The van der Waals surface area contributed by atoms with Crippen LogP contribution in [-0.2, 0) is 0 Å². The van der Waals surface area contributed by atoms with E-state index in [0.29, 0.717) is 5.56 Å². The lowest BCUT2D eigenvalue weighted by Crippen LogP contribution is -1.92. The summed E-state index contributed by atoms with van der Waals surface area (Å²) in [5.41, 5.74) is 2.19. The van der Waals surface area contributed by atoms with Gasteiger partial charge in [0, 0.05) is 11.6 Å². The molecule has 0 aliphatic rings. The quantitative estimate of drug-likeness (QED) is 0.434. The molecule has 0 unspecified atom stereocenters. The van der Waals surface area contributed by atoms with Crippen LogP contribution in [-0.4, -0.2) is 4.92 Å². The van der Waals surface area contributed by atoms with E-state index < -0.39 is 4.92 Å². The van der Waals surface area contributed by atoms with Crippen molar-refractivity contribution in [1.82, 2.24) is 0 Å². The first-order valence-corrected chi connectivity index (χ1v) is 5.49. The van der Waals surface area contributed by atoms with Crippen LogP contribution in [0.1, 0.15) is 16.7 Å². The first-order valence-electron chi connectivity index (χ1n) is 5.49. The second kappa shape index (κ2) is 5.15. The summed E-state index contributed by atoms with van der Waals surface area (Å²) < 4.78 is 0. The number of nitro groups is 1. The Hall–Kier alpha value is -2.60. The average Bonchev–Trinajstić information content (AvgIpc) is 2.38. The fourth-order valence-electron chi connectivity index (χ4n) is 1.56. The third-order valence-electron chi connectivity index (χ3n) is 2.47. The van der Waals surface area contributed by atoms with Crippen LogP contribution in [0, 0.1) is 28.9 Å². The topological polar surface area (TPSA) is 43.1 Å². The highest BCUT2D eigenvalue weighted by Crippen LogP contribution is 2.19. The van der Waals surface area contributed by atoms with Gasteiger partial charge in [-0.2, -0.15) is 0 Å². The van der Waals surface area contributed by atoms with Crippen molar-refractivity contribution in [1.29, 1.82) is 0 Å². The summed E-state index contributed by atoms with van der Waals surface area (Å²) in [5, 5.41) is 10.9. The van der Waals surface area contributed by atoms with Gasteiger partial charge in [0.1, 0.15) is 5.56 Å². The zero-order chi connectivity index (χ0) is 13.0. The summed E-state index contributed by atoms with van der Waals surface area (Å²) in [6.07, 6.45) is 0. The van der Waals surface area contributed by atoms with E-state index in [4.69, 9.17) is 0 Å². The van der Waals surface area contributed by atoms with Gasteiger partial charge in [-0.25, -0.2) is 0 Å². The van der Waals surface area contributed by atoms with E-state index in [1.807, 2.05) is 43.3 Å². The maximum Gasteiger partial charge on any atom is 0.285 e. The molecule has 0 aliphatic carbocycles. The lowest BCUT2D eigenvalue weighted by atomic mass is 10.1. The fourth-order valence-corrected chi connectivity index (χ4v) is 1.56. The highest BCUT2D eigenvalue weighted by atomic mass is 16.6. The first-order chi connectivity index (χ1) is 8.66. The minimum absolute atomic E-state index is 0.0541. The molecule has 0 saturated heterocycles. The molecule has 0 radical (unpaired) electrons. The van der Waals surface area contributed by atoms with E-state index in [1.54, 1.807) is 6.07 Å². The highest BCUT2D eigenvalue weighted by molar-refractivity contribution is 5.54. The van der Waals surface area contributed by atoms with Gasteiger partial charge in [0.2, 0.25) is 0 Å². The molecule has 0 atom stereocenters.